The molecule has 0 amide bonds. The molecule has 1 fully saturated rings. The fourth-order valence-corrected chi connectivity index (χ4v) is 2.58. The van der Waals surface area contributed by atoms with Gasteiger partial charge in [-0.05, 0) is 12.8 Å². The minimum atomic E-state index is -4.56. The van der Waals surface area contributed by atoms with Gasteiger partial charge >= 0.3 is 6.18 Å². The van der Waals surface area contributed by atoms with E-state index in [1.54, 1.807) is 0 Å². The van der Waals surface area contributed by atoms with Crippen molar-refractivity contribution in [3.63, 3.8) is 0 Å². The first-order valence-corrected chi connectivity index (χ1v) is 7.03. The maximum absolute atomic E-state index is 12.7. The molecule has 0 atom stereocenters. The maximum Gasteiger partial charge on any atom is 0.417 e. The van der Waals surface area contributed by atoms with Crippen LogP contribution in [0.2, 0.25) is 0 Å². The number of aliphatic hydroxyl groups is 1. The first-order chi connectivity index (χ1) is 9.64. The highest BCUT2D eigenvalue weighted by molar-refractivity contribution is 5.00. The number of rotatable bonds is 3. The quantitative estimate of drug-likeness (QED) is 0.925. The van der Waals surface area contributed by atoms with Gasteiger partial charge in [-0.1, -0.05) is 13.8 Å². The Balaban J connectivity index is 1.98. The lowest BCUT2D eigenvalue weighted by atomic mass is 9.91. The SMILES string of the molecule is CC(C)c1nnc(CN2CCC(O)(C(F)(F)F)CC2)n1C. The van der Waals surface area contributed by atoms with Crippen molar-refractivity contribution in [3.05, 3.63) is 11.6 Å². The Morgan fingerprint density at radius 3 is 2.24 bits per heavy atom. The number of hydrogen-bond donors (Lipinski definition) is 1. The zero-order valence-electron chi connectivity index (χ0n) is 12.5. The molecule has 1 aromatic heterocycles. The topological polar surface area (TPSA) is 54.2 Å². The third kappa shape index (κ3) is 3.21. The molecular formula is C13H21F3N4O. The van der Waals surface area contributed by atoms with Crippen LogP contribution in [0.25, 0.3) is 0 Å². The van der Waals surface area contributed by atoms with Crippen LogP contribution in [-0.2, 0) is 13.6 Å². The van der Waals surface area contributed by atoms with Crippen molar-refractivity contribution in [1.29, 1.82) is 0 Å². The lowest BCUT2D eigenvalue weighted by Crippen LogP contribution is -2.53. The van der Waals surface area contributed by atoms with Gasteiger partial charge in [-0.25, -0.2) is 0 Å². The first kappa shape index (κ1) is 16.2. The minimum absolute atomic E-state index is 0.194. The van der Waals surface area contributed by atoms with Crippen molar-refractivity contribution < 1.29 is 18.3 Å². The van der Waals surface area contributed by atoms with Crippen LogP contribution in [0.5, 0.6) is 0 Å². The van der Waals surface area contributed by atoms with Gasteiger partial charge in [0.05, 0.1) is 6.54 Å². The molecule has 2 heterocycles. The molecule has 1 aliphatic heterocycles. The third-order valence-electron chi connectivity index (χ3n) is 4.09. The number of nitrogens with zero attached hydrogens (tertiary/aromatic N) is 4. The van der Waals surface area contributed by atoms with Gasteiger partial charge in [-0.15, -0.1) is 10.2 Å². The van der Waals surface area contributed by atoms with E-state index in [0.29, 0.717) is 6.54 Å². The van der Waals surface area contributed by atoms with Crippen LogP contribution in [-0.4, -0.2) is 49.6 Å². The average Bonchev–Trinajstić information content (AvgIpc) is 2.73. The standard InChI is InChI=1S/C13H21F3N4O/c1-9(2)11-18-17-10(19(11)3)8-20-6-4-12(21,5-7-20)13(14,15)16/h9,21H,4-8H2,1-3H3. The van der Waals surface area contributed by atoms with E-state index in [-0.39, 0.29) is 31.8 Å². The Bertz CT molecular complexity index is 490. The molecule has 21 heavy (non-hydrogen) atoms. The normalized spacial score (nSPS) is 20.2. The van der Waals surface area contributed by atoms with Gasteiger partial charge in [-0.3, -0.25) is 4.90 Å². The van der Waals surface area contributed by atoms with Crippen molar-refractivity contribution in [1.82, 2.24) is 19.7 Å². The largest absolute Gasteiger partial charge is 0.417 e. The van der Waals surface area contributed by atoms with Crippen molar-refractivity contribution in [2.24, 2.45) is 7.05 Å². The van der Waals surface area contributed by atoms with Gasteiger partial charge in [0.2, 0.25) is 0 Å². The second kappa shape index (κ2) is 5.57. The monoisotopic (exact) mass is 306 g/mol. The van der Waals surface area contributed by atoms with E-state index in [0.717, 1.165) is 11.6 Å². The van der Waals surface area contributed by atoms with Crippen LogP contribution in [0.3, 0.4) is 0 Å². The second-order valence-electron chi connectivity index (χ2n) is 5.99. The van der Waals surface area contributed by atoms with Crippen molar-refractivity contribution in [2.45, 2.75) is 50.9 Å². The minimum Gasteiger partial charge on any atom is -0.380 e. The Labute approximate surface area is 121 Å². The molecule has 0 spiro atoms. The Morgan fingerprint density at radius 1 is 1.24 bits per heavy atom. The predicted octanol–water partition coefficient (Wildman–Crippen LogP) is 1.83. The lowest BCUT2D eigenvalue weighted by molar-refractivity contribution is -0.273. The van der Waals surface area contributed by atoms with Crippen molar-refractivity contribution in [3.8, 4) is 0 Å². The van der Waals surface area contributed by atoms with Crippen LogP contribution in [0, 0.1) is 0 Å². The molecule has 8 heteroatoms. The van der Waals surface area contributed by atoms with E-state index in [1.165, 1.54) is 0 Å². The smallest absolute Gasteiger partial charge is 0.380 e. The Hall–Kier alpha value is -1.15. The molecular weight excluding hydrogens is 285 g/mol. The fraction of sp³-hybridized carbons (Fsp3) is 0.846. The molecule has 120 valence electrons. The van der Waals surface area contributed by atoms with E-state index in [2.05, 4.69) is 10.2 Å². The lowest BCUT2D eigenvalue weighted by Gasteiger charge is -2.38. The molecule has 1 saturated heterocycles. The molecule has 0 aromatic carbocycles. The molecule has 0 unspecified atom stereocenters. The van der Waals surface area contributed by atoms with Crippen LogP contribution in [0.15, 0.2) is 0 Å². The molecule has 1 N–H and O–H groups in total. The summed E-state index contributed by atoms with van der Waals surface area (Å²) in [6.07, 6.45) is -5.16. The summed E-state index contributed by atoms with van der Waals surface area (Å²) in [4.78, 5) is 1.87. The van der Waals surface area contributed by atoms with Crippen molar-refractivity contribution in [2.75, 3.05) is 13.1 Å². The van der Waals surface area contributed by atoms with Gasteiger partial charge in [0, 0.05) is 26.1 Å². The van der Waals surface area contributed by atoms with E-state index in [1.807, 2.05) is 30.4 Å². The van der Waals surface area contributed by atoms with Crippen molar-refractivity contribution >= 4 is 0 Å². The summed E-state index contributed by atoms with van der Waals surface area (Å²) in [5.41, 5.74) is -2.55. The molecule has 0 saturated carbocycles. The summed E-state index contributed by atoms with van der Waals surface area (Å²) >= 11 is 0. The average molecular weight is 306 g/mol. The molecule has 0 radical (unpaired) electrons. The number of aromatic nitrogens is 3. The number of alkyl halides is 3. The highest BCUT2D eigenvalue weighted by Crippen LogP contribution is 2.38. The number of piperidine rings is 1. The van der Waals surface area contributed by atoms with Gasteiger partial charge < -0.3 is 9.67 Å². The van der Waals surface area contributed by atoms with Crippen LogP contribution >= 0.6 is 0 Å². The molecule has 0 aliphatic carbocycles. The van der Waals surface area contributed by atoms with Gasteiger partial charge in [0.1, 0.15) is 11.6 Å². The first-order valence-electron chi connectivity index (χ1n) is 7.03. The number of hydrogen-bond acceptors (Lipinski definition) is 4. The summed E-state index contributed by atoms with van der Waals surface area (Å²) in [5.74, 6) is 1.83. The summed E-state index contributed by atoms with van der Waals surface area (Å²) in [5, 5.41) is 17.8. The Kier molecular flexibility index (Phi) is 4.30. The zero-order valence-corrected chi connectivity index (χ0v) is 12.5. The maximum atomic E-state index is 12.7. The number of likely N-dealkylation sites (tertiary alicyclic amines) is 1. The summed E-state index contributed by atoms with van der Waals surface area (Å²) < 4.78 is 40.1. The highest BCUT2D eigenvalue weighted by Gasteiger charge is 2.54. The van der Waals surface area contributed by atoms with Crippen LogP contribution < -0.4 is 0 Å². The van der Waals surface area contributed by atoms with Gasteiger partial charge in [0.25, 0.3) is 0 Å². The van der Waals surface area contributed by atoms with Gasteiger partial charge in [-0.2, -0.15) is 13.2 Å². The van der Waals surface area contributed by atoms with E-state index < -0.39 is 11.8 Å². The number of halogens is 3. The summed E-state index contributed by atoms with van der Waals surface area (Å²) in [7, 11) is 1.86. The summed E-state index contributed by atoms with van der Waals surface area (Å²) in [6.45, 7) is 4.86. The molecule has 5 nitrogen and oxygen atoms in total. The van der Waals surface area contributed by atoms with Gasteiger partial charge in [0.15, 0.2) is 5.60 Å². The second-order valence-corrected chi connectivity index (χ2v) is 5.99. The van der Waals surface area contributed by atoms with E-state index in [9.17, 15) is 18.3 Å². The third-order valence-corrected chi connectivity index (χ3v) is 4.09. The summed E-state index contributed by atoms with van der Waals surface area (Å²) in [6, 6.07) is 0. The molecule has 1 aromatic rings. The fourth-order valence-electron chi connectivity index (χ4n) is 2.58. The predicted molar refractivity (Wildman–Crippen MR) is 70.6 cm³/mol. The molecule has 0 bridgehead atoms. The van der Waals surface area contributed by atoms with E-state index in [4.69, 9.17) is 0 Å². The molecule has 2 rings (SSSR count). The van der Waals surface area contributed by atoms with Crippen LogP contribution in [0.4, 0.5) is 13.2 Å². The molecule has 1 aliphatic rings. The zero-order chi connectivity index (χ0) is 15.8. The Morgan fingerprint density at radius 2 is 1.81 bits per heavy atom. The van der Waals surface area contributed by atoms with E-state index >= 15 is 0 Å². The van der Waals surface area contributed by atoms with Crippen LogP contribution in [0.1, 0.15) is 44.3 Å². The highest BCUT2D eigenvalue weighted by atomic mass is 19.4.